The Morgan fingerprint density at radius 1 is 1.12 bits per heavy atom. The Labute approximate surface area is 159 Å². The van der Waals surface area contributed by atoms with E-state index in [9.17, 15) is 4.79 Å². The van der Waals surface area contributed by atoms with Gasteiger partial charge in [-0.3, -0.25) is 4.79 Å². The van der Waals surface area contributed by atoms with Crippen molar-refractivity contribution >= 4 is 29.3 Å². The number of nitrogens with one attached hydrogen (secondary N) is 1. The minimum Gasteiger partial charge on any atom is -0.497 e. The molecule has 5 heteroatoms. The van der Waals surface area contributed by atoms with Gasteiger partial charge in [0.05, 0.1) is 14.2 Å². The van der Waals surface area contributed by atoms with Crippen LogP contribution >= 0.6 is 11.6 Å². The summed E-state index contributed by atoms with van der Waals surface area (Å²) in [5, 5.41) is 3.64. The van der Waals surface area contributed by atoms with E-state index in [-0.39, 0.29) is 5.91 Å². The molecule has 0 aromatic heterocycles. The number of benzene rings is 2. The van der Waals surface area contributed by atoms with E-state index in [0.29, 0.717) is 16.5 Å². The molecule has 2 aromatic rings. The van der Waals surface area contributed by atoms with Crippen LogP contribution in [0.2, 0.25) is 5.02 Å². The lowest BCUT2D eigenvalue weighted by molar-refractivity contribution is -0.111. The van der Waals surface area contributed by atoms with Crippen LogP contribution in [0.5, 0.6) is 11.5 Å². The van der Waals surface area contributed by atoms with Crippen molar-refractivity contribution in [2.75, 3.05) is 19.5 Å². The van der Waals surface area contributed by atoms with E-state index in [1.807, 2.05) is 31.2 Å². The van der Waals surface area contributed by atoms with Gasteiger partial charge in [-0.2, -0.15) is 0 Å². The average molecular weight is 374 g/mol. The molecule has 26 heavy (non-hydrogen) atoms. The second-order valence-electron chi connectivity index (χ2n) is 5.70. The smallest absolute Gasteiger partial charge is 0.248 e. The molecule has 0 aliphatic heterocycles. The Balaban J connectivity index is 2.24. The van der Waals surface area contributed by atoms with Gasteiger partial charge in [-0.05, 0) is 48.2 Å². The van der Waals surface area contributed by atoms with Gasteiger partial charge in [0.25, 0.3) is 0 Å². The lowest BCUT2D eigenvalue weighted by Gasteiger charge is -2.15. The van der Waals surface area contributed by atoms with E-state index in [1.165, 1.54) is 6.08 Å². The molecule has 0 bridgehead atoms. The highest BCUT2D eigenvalue weighted by Crippen LogP contribution is 2.30. The Morgan fingerprint density at radius 3 is 2.50 bits per heavy atom. The van der Waals surface area contributed by atoms with Crippen LogP contribution < -0.4 is 14.8 Å². The van der Waals surface area contributed by atoms with E-state index < -0.39 is 0 Å². The highest BCUT2D eigenvalue weighted by molar-refractivity contribution is 6.32. The van der Waals surface area contributed by atoms with Crippen LogP contribution in [-0.2, 0) is 17.6 Å². The zero-order chi connectivity index (χ0) is 19.1. The van der Waals surface area contributed by atoms with Crippen LogP contribution in [0.15, 0.2) is 36.4 Å². The number of aryl methyl sites for hydroxylation is 1. The summed E-state index contributed by atoms with van der Waals surface area (Å²) < 4.78 is 10.5. The number of carbonyl (C=O) groups excluding carboxylic acids is 1. The van der Waals surface area contributed by atoms with Gasteiger partial charge in [0.15, 0.2) is 0 Å². The summed E-state index contributed by atoms with van der Waals surface area (Å²) >= 11 is 6.29. The third-order valence-corrected chi connectivity index (χ3v) is 4.53. The van der Waals surface area contributed by atoms with E-state index in [2.05, 4.69) is 12.2 Å². The van der Waals surface area contributed by atoms with Crippen molar-refractivity contribution in [3.05, 3.63) is 58.1 Å². The van der Waals surface area contributed by atoms with Gasteiger partial charge in [-0.15, -0.1) is 0 Å². The Kier molecular flexibility index (Phi) is 7.10. The number of halogens is 1. The molecule has 0 heterocycles. The third kappa shape index (κ3) is 4.58. The molecule has 0 fully saturated rings. The largest absolute Gasteiger partial charge is 0.497 e. The van der Waals surface area contributed by atoms with Crippen molar-refractivity contribution in [3.63, 3.8) is 0 Å². The molecular formula is C21H24ClNO3. The number of methoxy groups -OCH3 is 2. The maximum absolute atomic E-state index is 12.4. The van der Waals surface area contributed by atoms with Crippen molar-refractivity contribution in [3.8, 4) is 11.5 Å². The van der Waals surface area contributed by atoms with Crippen molar-refractivity contribution in [1.29, 1.82) is 0 Å². The van der Waals surface area contributed by atoms with Crippen molar-refractivity contribution < 1.29 is 14.3 Å². The summed E-state index contributed by atoms with van der Waals surface area (Å²) in [5.74, 6) is 1.12. The van der Waals surface area contributed by atoms with Crippen LogP contribution in [0.25, 0.3) is 6.08 Å². The van der Waals surface area contributed by atoms with Crippen LogP contribution in [-0.4, -0.2) is 20.1 Å². The zero-order valence-electron chi connectivity index (χ0n) is 15.6. The molecule has 4 nitrogen and oxygen atoms in total. The number of anilines is 1. The minimum absolute atomic E-state index is 0.213. The molecule has 0 spiro atoms. The van der Waals surface area contributed by atoms with E-state index in [0.717, 1.165) is 35.2 Å². The Bertz CT molecular complexity index is 815. The molecular weight excluding hydrogens is 350 g/mol. The summed E-state index contributed by atoms with van der Waals surface area (Å²) in [6.45, 7) is 4.07. The molecule has 1 N–H and O–H groups in total. The summed E-state index contributed by atoms with van der Waals surface area (Å²) in [4.78, 5) is 12.4. The van der Waals surface area contributed by atoms with Crippen LogP contribution in [0.3, 0.4) is 0 Å². The quantitative estimate of drug-likeness (QED) is 0.684. The highest BCUT2D eigenvalue weighted by Gasteiger charge is 2.12. The van der Waals surface area contributed by atoms with E-state index in [1.54, 1.807) is 26.4 Å². The van der Waals surface area contributed by atoms with Crippen molar-refractivity contribution in [2.45, 2.75) is 26.7 Å². The molecule has 0 aliphatic rings. The van der Waals surface area contributed by atoms with Crippen molar-refractivity contribution in [1.82, 2.24) is 0 Å². The molecule has 0 aliphatic carbocycles. The number of hydrogen-bond acceptors (Lipinski definition) is 3. The SMILES string of the molecule is CCc1ccc(Cl)c(CC)c1NC(=O)/C=C/c1ccc(OC)cc1OC. The summed E-state index contributed by atoms with van der Waals surface area (Å²) in [6.07, 6.45) is 4.77. The fourth-order valence-electron chi connectivity index (χ4n) is 2.75. The van der Waals surface area contributed by atoms with Gasteiger partial charge in [0, 0.05) is 28.4 Å². The Morgan fingerprint density at radius 2 is 1.88 bits per heavy atom. The van der Waals surface area contributed by atoms with Gasteiger partial charge in [0.1, 0.15) is 11.5 Å². The van der Waals surface area contributed by atoms with Gasteiger partial charge >= 0.3 is 0 Å². The zero-order valence-corrected chi connectivity index (χ0v) is 16.3. The fraction of sp³-hybridized carbons (Fsp3) is 0.286. The molecule has 2 rings (SSSR count). The first-order chi connectivity index (χ1) is 12.5. The van der Waals surface area contributed by atoms with Gasteiger partial charge in [-0.25, -0.2) is 0 Å². The number of rotatable bonds is 7. The number of carbonyl (C=O) groups is 1. The third-order valence-electron chi connectivity index (χ3n) is 4.18. The number of amides is 1. The molecule has 0 radical (unpaired) electrons. The summed E-state index contributed by atoms with van der Waals surface area (Å²) in [7, 11) is 3.18. The first-order valence-corrected chi connectivity index (χ1v) is 8.93. The molecule has 0 saturated carbocycles. The topological polar surface area (TPSA) is 47.6 Å². The fourth-order valence-corrected chi connectivity index (χ4v) is 3.04. The molecule has 1 amide bonds. The van der Waals surface area contributed by atoms with Crippen LogP contribution in [0.1, 0.15) is 30.5 Å². The molecule has 0 atom stereocenters. The maximum Gasteiger partial charge on any atom is 0.248 e. The predicted molar refractivity (Wildman–Crippen MR) is 107 cm³/mol. The molecule has 2 aromatic carbocycles. The summed E-state index contributed by atoms with van der Waals surface area (Å²) in [6, 6.07) is 9.27. The second kappa shape index (κ2) is 9.30. The standard InChI is InChI=1S/C21H24ClNO3/c1-5-14-8-11-18(22)17(6-2)21(14)23-20(24)12-9-15-7-10-16(25-3)13-19(15)26-4/h7-13H,5-6H2,1-4H3,(H,23,24)/b12-9+. The van der Waals surface area contributed by atoms with E-state index in [4.69, 9.17) is 21.1 Å². The molecule has 138 valence electrons. The van der Waals surface area contributed by atoms with Gasteiger partial charge in [-0.1, -0.05) is 31.5 Å². The minimum atomic E-state index is -0.213. The van der Waals surface area contributed by atoms with Crippen molar-refractivity contribution in [2.24, 2.45) is 0 Å². The Hall–Kier alpha value is -2.46. The van der Waals surface area contributed by atoms with E-state index >= 15 is 0 Å². The number of hydrogen-bond donors (Lipinski definition) is 1. The van der Waals surface area contributed by atoms with Gasteiger partial charge in [0.2, 0.25) is 5.91 Å². The second-order valence-corrected chi connectivity index (χ2v) is 6.10. The highest BCUT2D eigenvalue weighted by atomic mass is 35.5. The van der Waals surface area contributed by atoms with Gasteiger partial charge < -0.3 is 14.8 Å². The monoisotopic (exact) mass is 373 g/mol. The molecule has 0 saturated heterocycles. The lowest BCUT2D eigenvalue weighted by Crippen LogP contribution is -2.12. The normalized spacial score (nSPS) is 10.8. The van der Waals surface area contributed by atoms with Crippen LogP contribution in [0.4, 0.5) is 5.69 Å². The summed E-state index contributed by atoms with van der Waals surface area (Å²) in [5.41, 5.74) is 3.62. The lowest BCUT2D eigenvalue weighted by atomic mass is 10.0. The molecule has 0 unspecified atom stereocenters. The maximum atomic E-state index is 12.4. The average Bonchev–Trinajstić information content (AvgIpc) is 2.66. The first kappa shape index (κ1) is 19.9. The number of ether oxygens (including phenoxy) is 2. The predicted octanol–water partition coefficient (Wildman–Crippen LogP) is 5.13. The first-order valence-electron chi connectivity index (χ1n) is 8.55. The van der Waals surface area contributed by atoms with Crippen LogP contribution in [0, 0.1) is 0 Å².